The average Bonchev–Trinajstić information content (AvgIpc) is 2.69. The zero-order valence-electron chi connectivity index (χ0n) is 15.5. The number of nitriles is 1. The molecule has 0 aliphatic heterocycles. The minimum absolute atomic E-state index is 0.353. The van der Waals surface area contributed by atoms with Gasteiger partial charge in [0, 0.05) is 30.9 Å². The van der Waals surface area contributed by atoms with E-state index >= 15 is 0 Å². The Labute approximate surface area is 159 Å². The van der Waals surface area contributed by atoms with Crippen LogP contribution < -0.4 is 21.1 Å². The Morgan fingerprint density at radius 1 is 1.11 bits per heavy atom. The van der Waals surface area contributed by atoms with Gasteiger partial charge in [-0.05, 0) is 55.8 Å². The Balaban J connectivity index is 1.75. The number of hydrogen-bond acceptors (Lipinski definition) is 4. The van der Waals surface area contributed by atoms with Crippen LogP contribution in [0.25, 0.3) is 0 Å². The van der Waals surface area contributed by atoms with Crippen molar-refractivity contribution in [1.29, 1.82) is 5.26 Å². The van der Waals surface area contributed by atoms with Gasteiger partial charge in [-0.1, -0.05) is 12.1 Å². The fraction of sp³-hybridized carbons (Fsp3) is 0.250. The zero-order valence-corrected chi connectivity index (χ0v) is 15.5. The maximum Gasteiger partial charge on any atom is 0.333 e. The van der Waals surface area contributed by atoms with Crippen LogP contribution >= 0.6 is 0 Å². The third-order valence-corrected chi connectivity index (χ3v) is 3.98. The second-order valence-electron chi connectivity index (χ2n) is 5.94. The predicted octanol–water partition coefficient (Wildman–Crippen LogP) is 2.34. The Morgan fingerprint density at radius 2 is 1.85 bits per heavy atom. The van der Waals surface area contributed by atoms with E-state index in [2.05, 4.69) is 34.1 Å². The van der Waals surface area contributed by atoms with Crippen LogP contribution in [0.4, 0.5) is 10.5 Å². The Hall–Kier alpha value is -3.53. The molecule has 3 amide bonds. The molecule has 27 heavy (non-hydrogen) atoms. The first-order valence-electron chi connectivity index (χ1n) is 8.69. The van der Waals surface area contributed by atoms with Gasteiger partial charge in [0.05, 0.1) is 11.6 Å². The van der Waals surface area contributed by atoms with Gasteiger partial charge in [0.15, 0.2) is 0 Å². The smallest absolute Gasteiger partial charge is 0.333 e. The van der Waals surface area contributed by atoms with Crippen LogP contribution in [0.1, 0.15) is 28.4 Å². The highest BCUT2D eigenvalue weighted by atomic mass is 16.2. The Kier molecular flexibility index (Phi) is 7.20. The number of nitrogens with one attached hydrogen (secondary N) is 3. The van der Waals surface area contributed by atoms with E-state index in [1.807, 2.05) is 31.2 Å². The molecule has 0 aliphatic carbocycles. The molecule has 0 aliphatic rings. The summed E-state index contributed by atoms with van der Waals surface area (Å²) in [5, 5.41) is 11.5. The van der Waals surface area contributed by atoms with Crippen molar-refractivity contribution in [1.82, 2.24) is 16.2 Å². The summed E-state index contributed by atoms with van der Waals surface area (Å²) in [4.78, 5) is 25.9. The van der Waals surface area contributed by atoms with Crippen molar-refractivity contribution in [3.8, 4) is 6.07 Å². The number of rotatable bonds is 6. The molecule has 0 unspecified atom stereocenters. The van der Waals surface area contributed by atoms with Crippen molar-refractivity contribution in [3.63, 3.8) is 0 Å². The summed E-state index contributed by atoms with van der Waals surface area (Å²) in [5.74, 6) is -0.454. The summed E-state index contributed by atoms with van der Waals surface area (Å²) >= 11 is 0. The summed E-state index contributed by atoms with van der Waals surface area (Å²) in [7, 11) is 0. The summed E-state index contributed by atoms with van der Waals surface area (Å²) in [6.07, 6.45) is 0. The minimum Gasteiger partial charge on any atom is -0.370 e. The van der Waals surface area contributed by atoms with Gasteiger partial charge in [0.2, 0.25) is 0 Å². The van der Waals surface area contributed by atoms with Gasteiger partial charge in [0.1, 0.15) is 0 Å². The normalized spacial score (nSPS) is 9.81. The number of hydrogen-bond donors (Lipinski definition) is 3. The summed E-state index contributed by atoms with van der Waals surface area (Å²) in [6, 6.07) is 15.8. The van der Waals surface area contributed by atoms with Crippen LogP contribution in [0, 0.1) is 18.3 Å². The van der Waals surface area contributed by atoms with Crippen molar-refractivity contribution < 1.29 is 9.59 Å². The third kappa shape index (κ3) is 6.04. The van der Waals surface area contributed by atoms with E-state index in [9.17, 15) is 9.59 Å². The Morgan fingerprint density at radius 3 is 2.48 bits per heavy atom. The van der Waals surface area contributed by atoms with E-state index in [4.69, 9.17) is 5.26 Å². The molecule has 2 aromatic rings. The molecule has 3 N–H and O–H groups in total. The van der Waals surface area contributed by atoms with Crippen molar-refractivity contribution in [2.75, 3.05) is 24.5 Å². The van der Waals surface area contributed by atoms with Crippen molar-refractivity contribution in [2.24, 2.45) is 0 Å². The number of amides is 3. The van der Waals surface area contributed by atoms with Crippen LogP contribution in [0.3, 0.4) is 0 Å². The lowest BCUT2D eigenvalue weighted by Crippen LogP contribution is -2.48. The van der Waals surface area contributed by atoms with Gasteiger partial charge in [-0.2, -0.15) is 5.26 Å². The fourth-order valence-electron chi connectivity index (χ4n) is 2.52. The molecule has 2 aromatic carbocycles. The first kappa shape index (κ1) is 19.8. The van der Waals surface area contributed by atoms with Crippen LogP contribution in [0.5, 0.6) is 0 Å². The molecule has 2 rings (SSSR count). The third-order valence-electron chi connectivity index (χ3n) is 3.98. The molecule has 0 radical (unpaired) electrons. The summed E-state index contributed by atoms with van der Waals surface area (Å²) in [6.45, 7) is 6.00. The van der Waals surface area contributed by atoms with Gasteiger partial charge < -0.3 is 10.2 Å². The van der Waals surface area contributed by atoms with E-state index in [1.165, 1.54) is 17.7 Å². The summed E-state index contributed by atoms with van der Waals surface area (Å²) in [5.41, 5.74) is 7.75. The highest BCUT2D eigenvalue weighted by Gasteiger charge is 2.08. The molecule has 0 fully saturated rings. The van der Waals surface area contributed by atoms with Crippen LogP contribution in [-0.2, 0) is 0 Å². The lowest BCUT2D eigenvalue weighted by molar-refractivity contribution is 0.0936. The van der Waals surface area contributed by atoms with Crippen LogP contribution in [-0.4, -0.2) is 31.6 Å². The van der Waals surface area contributed by atoms with Gasteiger partial charge in [-0.15, -0.1) is 0 Å². The van der Waals surface area contributed by atoms with Crippen molar-refractivity contribution in [3.05, 3.63) is 65.2 Å². The van der Waals surface area contributed by atoms with Crippen molar-refractivity contribution in [2.45, 2.75) is 13.8 Å². The number of hydrazine groups is 1. The largest absolute Gasteiger partial charge is 0.370 e. The standard InChI is InChI=1S/C20H23N5O2/c1-3-25(18-6-4-5-15(2)13-18)12-11-22-20(27)24-23-19(26)17-9-7-16(14-21)8-10-17/h4-10,13H,3,11-12H2,1-2H3,(H,23,26)(H2,22,24,27). The number of anilines is 1. The number of nitrogens with zero attached hydrogens (tertiary/aromatic N) is 2. The number of urea groups is 1. The quantitative estimate of drug-likeness (QED) is 0.685. The summed E-state index contributed by atoms with van der Waals surface area (Å²) < 4.78 is 0. The van der Waals surface area contributed by atoms with Gasteiger partial charge >= 0.3 is 6.03 Å². The van der Waals surface area contributed by atoms with E-state index in [0.29, 0.717) is 24.2 Å². The second kappa shape index (κ2) is 9.82. The fourth-order valence-corrected chi connectivity index (χ4v) is 2.52. The first-order chi connectivity index (χ1) is 13.0. The van der Waals surface area contributed by atoms with Gasteiger partial charge in [0.25, 0.3) is 5.91 Å². The van der Waals surface area contributed by atoms with E-state index in [-0.39, 0.29) is 0 Å². The molecule has 0 aromatic heterocycles. The molecule has 0 saturated heterocycles. The molecule has 7 nitrogen and oxygen atoms in total. The molecule has 0 heterocycles. The lowest BCUT2D eigenvalue weighted by Gasteiger charge is -2.23. The van der Waals surface area contributed by atoms with Gasteiger partial charge in [-0.25, -0.2) is 10.2 Å². The second-order valence-corrected chi connectivity index (χ2v) is 5.94. The SMILES string of the molecule is CCN(CCNC(=O)NNC(=O)c1ccc(C#N)cc1)c1cccc(C)c1. The van der Waals surface area contributed by atoms with Crippen LogP contribution in [0.15, 0.2) is 48.5 Å². The van der Waals surface area contributed by atoms with Gasteiger partial charge in [-0.3, -0.25) is 10.2 Å². The molecule has 7 heteroatoms. The van der Waals surface area contributed by atoms with E-state index in [0.717, 1.165) is 12.2 Å². The van der Waals surface area contributed by atoms with E-state index in [1.54, 1.807) is 12.1 Å². The Bertz CT molecular complexity index is 827. The van der Waals surface area contributed by atoms with Crippen molar-refractivity contribution >= 4 is 17.6 Å². The monoisotopic (exact) mass is 365 g/mol. The van der Waals surface area contributed by atoms with Crippen LogP contribution in [0.2, 0.25) is 0 Å². The number of carbonyl (C=O) groups excluding carboxylic acids is 2. The number of benzene rings is 2. The predicted molar refractivity (Wildman–Crippen MR) is 104 cm³/mol. The number of aryl methyl sites for hydroxylation is 1. The molecule has 0 spiro atoms. The number of carbonyl (C=O) groups is 2. The number of likely N-dealkylation sites (N-methyl/N-ethyl adjacent to an activating group) is 1. The zero-order chi connectivity index (χ0) is 19.6. The molecule has 0 atom stereocenters. The lowest BCUT2D eigenvalue weighted by atomic mass is 10.1. The molecular weight excluding hydrogens is 342 g/mol. The molecule has 0 bridgehead atoms. The maximum atomic E-state index is 11.9. The molecule has 0 saturated carbocycles. The highest BCUT2D eigenvalue weighted by molar-refractivity contribution is 5.95. The van der Waals surface area contributed by atoms with E-state index < -0.39 is 11.9 Å². The maximum absolute atomic E-state index is 11.9. The highest BCUT2D eigenvalue weighted by Crippen LogP contribution is 2.14. The topological polar surface area (TPSA) is 97.3 Å². The molecule has 140 valence electrons. The average molecular weight is 365 g/mol. The minimum atomic E-state index is -0.489. The first-order valence-corrected chi connectivity index (χ1v) is 8.69. The molecular formula is C20H23N5O2.